The Morgan fingerprint density at radius 2 is 1.04 bits per heavy atom. The number of aromatic nitrogens is 3. The van der Waals surface area contributed by atoms with Gasteiger partial charge in [-0.2, -0.15) is 0 Å². The number of para-hydroxylation sites is 3. The van der Waals surface area contributed by atoms with Gasteiger partial charge < -0.3 is 9.13 Å². The van der Waals surface area contributed by atoms with Crippen LogP contribution in [0.4, 0.5) is 0 Å². The van der Waals surface area contributed by atoms with Gasteiger partial charge in [-0.3, -0.25) is 4.98 Å². The smallest absolute Gasteiger partial charge is 0.0644 e. The van der Waals surface area contributed by atoms with E-state index in [1.807, 2.05) is 12.4 Å². The van der Waals surface area contributed by atoms with Crippen LogP contribution in [-0.2, 0) is 5.41 Å². The highest BCUT2D eigenvalue weighted by Crippen LogP contribution is 2.58. The van der Waals surface area contributed by atoms with Gasteiger partial charge in [0.25, 0.3) is 0 Å². The van der Waals surface area contributed by atoms with E-state index in [9.17, 15) is 0 Å². The first-order valence-corrected chi connectivity index (χ1v) is 16.3. The average Bonchev–Trinajstić information content (AvgIpc) is 3.73. The lowest BCUT2D eigenvalue weighted by Gasteiger charge is -2.23. The summed E-state index contributed by atoms with van der Waals surface area (Å²) in [7, 11) is 0. The minimum Gasteiger partial charge on any atom is -0.309 e. The van der Waals surface area contributed by atoms with Crippen LogP contribution in [0.25, 0.3) is 77.2 Å². The molecule has 0 bridgehead atoms. The molecule has 9 aromatic rings. The molecule has 0 fully saturated rings. The highest BCUT2D eigenvalue weighted by Gasteiger charge is 2.41. The largest absolute Gasteiger partial charge is 0.309 e. The second kappa shape index (κ2) is 9.54. The van der Waals surface area contributed by atoms with Crippen LogP contribution in [0.1, 0.15) is 25.0 Å². The van der Waals surface area contributed by atoms with E-state index in [0.29, 0.717) is 0 Å². The minimum absolute atomic E-state index is 0.198. The lowest BCUT2D eigenvalue weighted by Crippen LogP contribution is -2.15. The third kappa shape index (κ3) is 3.49. The molecule has 0 saturated heterocycles. The molecule has 0 aliphatic heterocycles. The van der Waals surface area contributed by atoms with E-state index >= 15 is 0 Å². The number of nitrogens with zero attached hydrogens (tertiary/aromatic N) is 3. The van der Waals surface area contributed by atoms with Gasteiger partial charge in [-0.05, 0) is 76.3 Å². The van der Waals surface area contributed by atoms with E-state index in [0.717, 1.165) is 5.69 Å². The molecule has 0 saturated carbocycles. The number of pyridine rings is 1. The fourth-order valence-electron chi connectivity index (χ4n) is 8.42. The number of benzene rings is 6. The van der Waals surface area contributed by atoms with Crippen molar-refractivity contribution in [2.75, 3.05) is 0 Å². The Morgan fingerprint density at radius 1 is 0.489 bits per heavy atom. The van der Waals surface area contributed by atoms with Crippen LogP contribution in [-0.4, -0.2) is 14.1 Å². The fraction of sp³-hybridized carbons (Fsp3) is 0.0682. The molecule has 0 N–H and O–H groups in total. The monoisotopic (exact) mass is 601 g/mol. The number of rotatable bonds is 3. The first-order chi connectivity index (χ1) is 23.1. The van der Waals surface area contributed by atoms with E-state index in [2.05, 4.69) is 167 Å². The lowest BCUT2D eigenvalue weighted by molar-refractivity contribution is 0.667. The molecule has 1 aliphatic rings. The predicted octanol–water partition coefficient (Wildman–Crippen LogP) is 11.2. The van der Waals surface area contributed by atoms with Crippen LogP contribution in [0, 0.1) is 0 Å². The highest BCUT2D eigenvalue weighted by atomic mass is 15.0. The lowest BCUT2D eigenvalue weighted by atomic mass is 9.80. The van der Waals surface area contributed by atoms with Crippen molar-refractivity contribution in [2.24, 2.45) is 0 Å². The Labute approximate surface area is 273 Å². The van der Waals surface area contributed by atoms with Gasteiger partial charge in [-0.25, -0.2) is 0 Å². The molecule has 0 atom stereocenters. The molecule has 0 amide bonds. The summed E-state index contributed by atoms with van der Waals surface area (Å²) < 4.78 is 5.03. The van der Waals surface area contributed by atoms with Gasteiger partial charge >= 0.3 is 0 Å². The van der Waals surface area contributed by atoms with Crippen LogP contribution in [0.15, 0.2) is 152 Å². The predicted molar refractivity (Wildman–Crippen MR) is 196 cm³/mol. The van der Waals surface area contributed by atoms with Crippen molar-refractivity contribution in [1.29, 1.82) is 0 Å². The van der Waals surface area contributed by atoms with Crippen molar-refractivity contribution in [2.45, 2.75) is 19.3 Å². The summed E-state index contributed by atoms with van der Waals surface area (Å²) in [6.45, 7) is 4.82. The molecule has 6 aromatic carbocycles. The van der Waals surface area contributed by atoms with Crippen LogP contribution in [0.3, 0.4) is 0 Å². The topological polar surface area (TPSA) is 22.8 Å². The zero-order chi connectivity index (χ0) is 31.3. The Hall–Kier alpha value is -5.93. The zero-order valence-corrected chi connectivity index (χ0v) is 26.3. The van der Waals surface area contributed by atoms with E-state index in [-0.39, 0.29) is 5.41 Å². The molecule has 10 rings (SSSR count). The van der Waals surface area contributed by atoms with Crippen LogP contribution < -0.4 is 0 Å². The number of hydrogen-bond acceptors (Lipinski definition) is 1. The third-order valence-electron chi connectivity index (χ3n) is 10.4. The maximum absolute atomic E-state index is 4.22. The van der Waals surface area contributed by atoms with Crippen molar-refractivity contribution < 1.29 is 0 Å². The molecule has 3 nitrogen and oxygen atoms in total. The first kappa shape index (κ1) is 26.3. The van der Waals surface area contributed by atoms with Crippen molar-refractivity contribution >= 4 is 43.6 Å². The molecular formula is C44H31N3. The average molecular weight is 602 g/mol. The summed E-state index contributed by atoms with van der Waals surface area (Å²) in [4.78, 5) is 4.22. The summed E-state index contributed by atoms with van der Waals surface area (Å²) >= 11 is 0. The van der Waals surface area contributed by atoms with Gasteiger partial charge in [0.05, 0.1) is 22.1 Å². The number of hydrogen-bond donors (Lipinski definition) is 0. The summed E-state index contributed by atoms with van der Waals surface area (Å²) in [6, 6.07) is 51.0. The molecule has 3 aromatic heterocycles. The van der Waals surface area contributed by atoms with Gasteiger partial charge in [0.15, 0.2) is 0 Å². The summed E-state index contributed by atoms with van der Waals surface area (Å²) in [6.07, 6.45) is 3.71. The van der Waals surface area contributed by atoms with Crippen molar-refractivity contribution in [1.82, 2.24) is 14.1 Å². The quantitative estimate of drug-likeness (QED) is 0.198. The molecule has 222 valence electrons. The third-order valence-corrected chi connectivity index (χ3v) is 10.4. The van der Waals surface area contributed by atoms with E-state index < -0.39 is 0 Å². The van der Waals surface area contributed by atoms with E-state index in [1.165, 1.54) is 82.7 Å². The van der Waals surface area contributed by atoms with Gasteiger partial charge in [0.2, 0.25) is 0 Å². The van der Waals surface area contributed by atoms with Gasteiger partial charge in [-0.15, -0.1) is 0 Å². The Bertz CT molecular complexity index is 2670. The van der Waals surface area contributed by atoms with Crippen molar-refractivity contribution in [3.05, 3.63) is 163 Å². The van der Waals surface area contributed by atoms with Crippen LogP contribution >= 0.6 is 0 Å². The van der Waals surface area contributed by atoms with Crippen molar-refractivity contribution in [3.63, 3.8) is 0 Å². The molecule has 47 heavy (non-hydrogen) atoms. The van der Waals surface area contributed by atoms with E-state index in [4.69, 9.17) is 0 Å². The second-order valence-electron chi connectivity index (χ2n) is 13.2. The molecule has 3 heteroatoms. The second-order valence-corrected chi connectivity index (χ2v) is 13.2. The summed E-state index contributed by atoms with van der Waals surface area (Å²) in [5.41, 5.74) is 14.9. The highest BCUT2D eigenvalue weighted by molar-refractivity contribution is 6.31. The molecule has 0 unspecified atom stereocenters. The van der Waals surface area contributed by atoms with Gasteiger partial charge in [0.1, 0.15) is 0 Å². The van der Waals surface area contributed by atoms with Gasteiger partial charge in [0, 0.05) is 56.3 Å². The van der Waals surface area contributed by atoms with E-state index in [1.54, 1.807) is 0 Å². The molecule has 0 radical (unpaired) electrons. The maximum Gasteiger partial charge on any atom is 0.0644 e. The summed E-state index contributed by atoms with van der Waals surface area (Å²) in [5, 5.41) is 5.20. The standard InChI is InChI=1S/C44H31N3/c1-44(2)35-17-9-6-14-32(35)38-41(44)39-33-15-7-10-18-36(33)46(30-12-4-3-5-13-30)43(39)40-34-16-8-11-19-37(34)47(42(38)40)31-22-20-28(21-23-31)29-24-26-45-27-25-29/h3-27H,1-2H3. The molecule has 1 aliphatic carbocycles. The minimum atomic E-state index is -0.198. The first-order valence-electron chi connectivity index (χ1n) is 16.3. The zero-order valence-electron chi connectivity index (χ0n) is 26.3. The van der Waals surface area contributed by atoms with Crippen LogP contribution in [0.5, 0.6) is 0 Å². The van der Waals surface area contributed by atoms with Crippen LogP contribution in [0.2, 0.25) is 0 Å². The molecule has 0 spiro atoms. The Morgan fingerprint density at radius 3 is 1.77 bits per heavy atom. The normalized spacial score (nSPS) is 13.5. The van der Waals surface area contributed by atoms with Gasteiger partial charge in [-0.1, -0.05) is 105 Å². The Balaban J connectivity index is 1.46. The number of fused-ring (bicyclic) bond motifs is 12. The molecule has 3 heterocycles. The SMILES string of the molecule is CC1(C)c2ccccc2-c2c1c1c3ccccc3n(-c3ccccc3)c1c1c3ccccc3n(-c3ccc(-c4ccncc4)cc3)c21. The maximum atomic E-state index is 4.22. The Kier molecular flexibility index (Phi) is 5.34. The summed E-state index contributed by atoms with van der Waals surface area (Å²) in [5.74, 6) is 0. The molecular weight excluding hydrogens is 571 g/mol. The fourth-order valence-corrected chi connectivity index (χ4v) is 8.42. The van der Waals surface area contributed by atoms with Crippen molar-refractivity contribution in [3.8, 4) is 33.6 Å².